The molecule has 0 radical (unpaired) electrons. The fraction of sp³-hybridized carbons (Fsp3) is 0.200. The van der Waals surface area contributed by atoms with Gasteiger partial charge in [-0.15, -0.1) is 0 Å². The summed E-state index contributed by atoms with van der Waals surface area (Å²) in [6.45, 7) is 6.20. The van der Waals surface area contributed by atoms with Gasteiger partial charge in [0.1, 0.15) is 12.4 Å². The first-order valence-electron chi connectivity index (χ1n) is 7.25. The number of aliphatic hydroxyl groups excluding tert-OH is 1. The zero-order valence-corrected chi connectivity index (χ0v) is 12.8. The second-order valence-corrected chi connectivity index (χ2v) is 5.04. The first-order valence-corrected chi connectivity index (χ1v) is 7.25. The standard InChI is InChI=1S/C20H20O2/c1-16(2)18-12-6-7-13-19(18)20(21)14-8-9-15-22-17-10-4-3-5-11-17/h3-7,10-13,20-21H,1,14-15H2,2H3. The van der Waals surface area contributed by atoms with E-state index in [1.54, 1.807) is 0 Å². The lowest BCUT2D eigenvalue weighted by molar-refractivity contribution is 0.183. The molecule has 112 valence electrons. The number of rotatable bonds is 5. The van der Waals surface area contributed by atoms with Crippen LogP contribution in [0, 0.1) is 11.8 Å². The van der Waals surface area contributed by atoms with Gasteiger partial charge >= 0.3 is 0 Å². The smallest absolute Gasteiger partial charge is 0.149 e. The number of allylic oxidation sites excluding steroid dienone is 1. The van der Waals surface area contributed by atoms with Gasteiger partial charge in [-0.3, -0.25) is 0 Å². The van der Waals surface area contributed by atoms with Gasteiger partial charge in [-0.05, 0) is 30.2 Å². The highest BCUT2D eigenvalue weighted by Crippen LogP contribution is 2.25. The van der Waals surface area contributed by atoms with Crippen molar-refractivity contribution in [3.05, 3.63) is 72.3 Å². The Morgan fingerprint density at radius 2 is 1.77 bits per heavy atom. The van der Waals surface area contributed by atoms with E-state index in [0.29, 0.717) is 13.0 Å². The van der Waals surface area contributed by atoms with Gasteiger partial charge in [0.05, 0.1) is 6.10 Å². The number of aliphatic hydroxyl groups is 1. The molecule has 2 aromatic rings. The predicted octanol–water partition coefficient (Wildman–Crippen LogP) is 4.23. The zero-order valence-electron chi connectivity index (χ0n) is 12.8. The summed E-state index contributed by atoms with van der Waals surface area (Å²) < 4.78 is 5.49. The van der Waals surface area contributed by atoms with Crippen LogP contribution in [0.5, 0.6) is 5.75 Å². The molecule has 0 aromatic heterocycles. The molecular weight excluding hydrogens is 272 g/mol. The summed E-state index contributed by atoms with van der Waals surface area (Å²) in [4.78, 5) is 0. The second kappa shape index (κ2) is 8.07. The molecule has 1 unspecified atom stereocenters. The van der Waals surface area contributed by atoms with Gasteiger partial charge in [0.2, 0.25) is 0 Å². The van der Waals surface area contributed by atoms with E-state index in [1.165, 1.54) is 0 Å². The third-order valence-corrected chi connectivity index (χ3v) is 3.25. The number of hydrogen-bond acceptors (Lipinski definition) is 2. The average Bonchev–Trinajstić information content (AvgIpc) is 2.55. The summed E-state index contributed by atoms with van der Waals surface area (Å²) in [6, 6.07) is 17.3. The Morgan fingerprint density at radius 3 is 2.50 bits per heavy atom. The SMILES string of the molecule is C=C(C)c1ccccc1C(O)CC#CCOc1ccccc1. The van der Waals surface area contributed by atoms with E-state index in [2.05, 4.69) is 18.4 Å². The molecule has 0 bridgehead atoms. The quantitative estimate of drug-likeness (QED) is 0.836. The van der Waals surface area contributed by atoms with Crippen LogP contribution in [0.3, 0.4) is 0 Å². The number of ether oxygens (including phenoxy) is 1. The maximum Gasteiger partial charge on any atom is 0.149 e. The van der Waals surface area contributed by atoms with Crippen LogP contribution >= 0.6 is 0 Å². The van der Waals surface area contributed by atoms with E-state index in [0.717, 1.165) is 22.4 Å². The van der Waals surface area contributed by atoms with Gasteiger partial charge in [-0.1, -0.05) is 66.5 Å². The molecule has 2 aromatic carbocycles. The van der Waals surface area contributed by atoms with Crippen LogP contribution in [0.4, 0.5) is 0 Å². The third-order valence-electron chi connectivity index (χ3n) is 3.25. The van der Waals surface area contributed by atoms with E-state index < -0.39 is 6.10 Å². The number of para-hydroxylation sites is 1. The molecular formula is C20H20O2. The summed E-state index contributed by atoms with van der Waals surface area (Å²) in [5, 5.41) is 10.3. The second-order valence-electron chi connectivity index (χ2n) is 5.04. The molecule has 2 rings (SSSR count). The lowest BCUT2D eigenvalue weighted by Gasteiger charge is -2.13. The summed E-state index contributed by atoms with van der Waals surface area (Å²) in [5.74, 6) is 6.69. The van der Waals surface area contributed by atoms with Gasteiger partial charge in [0, 0.05) is 6.42 Å². The van der Waals surface area contributed by atoms with Crippen molar-refractivity contribution in [3.8, 4) is 17.6 Å². The van der Waals surface area contributed by atoms with Crippen LogP contribution in [0.25, 0.3) is 5.57 Å². The van der Waals surface area contributed by atoms with E-state index in [9.17, 15) is 5.11 Å². The normalized spacial score (nSPS) is 11.2. The van der Waals surface area contributed by atoms with Crippen molar-refractivity contribution in [1.82, 2.24) is 0 Å². The maximum atomic E-state index is 10.3. The molecule has 0 saturated carbocycles. The van der Waals surface area contributed by atoms with Crippen molar-refractivity contribution in [1.29, 1.82) is 0 Å². The number of benzene rings is 2. The van der Waals surface area contributed by atoms with Crippen LogP contribution in [0.1, 0.15) is 30.6 Å². The molecule has 0 aliphatic carbocycles. The Morgan fingerprint density at radius 1 is 1.09 bits per heavy atom. The zero-order chi connectivity index (χ0) is 15.8. The van der Waals surface area contributed by atoms with Gasteiger partial charge in [-0.2, -0.15) is 0 Å². The van der Waals surface area contributed by atoms with E-state index in [-0.39, 0.29) is 0 Å². The van der Waals surface area contributed by atoms with Crippen molar-refractivity contribution in [3.63, 3.8) is 0 Å². The van der Waals surface area contributed by atoms with Gasteiger partial charge in [0.25, 0.3) is 0 Å². The molecule has 0 fully saturated rings. The number of hydrogen-bond donors (Lipinski definition) is 1. The summed E-state index contributed by atoms with van der Waals surface area (Å²) in [6.07, 6.45) is -0.236. The summed E-state index contributed by atoms with van der Waals surface area (Å²) in [7, 11) is 0. The largest absolute Gasteiger partial charge is 0.481 e. The maximum absolute atomic E-state index is 10.3. The average molecular weight is 292 g/mol. The van der Waals surface area contributed by atoms with Crippen LogP contribution in [0.2, 0.25) is 0 Å². The fourth-order valence-electron chi connectivity index (χ4n) is 2.14. The molecule has 0 aliphatic heterocycles. The Hall–Kier alpha value is -2.50. The lowest BCUT2D eigenvalue weighted by Crippen LogP contribution is -2.00. The highest BCUT2D eigenvalue weighted by Gasteiger charge is 2.10. The van der Waals surface area contributed by atoms with Crippen molar-refractivity contribution in [2.24, 2.45) is 0 Å². The highest BCUT2D eigenvalue weighted by molar-refractivity contribution is 5.64. The molecule has 0 heterocycles. The molecule has 0 aliphatic rings. The van der Waals surface area contributed by atoms with Gasteiger partial charge in [-0.25, -0.2) is 0 Å². The molecule has 22 heavy (non-hydrogen) atoms. The van der Waals surface area contributed by atoms with Crippen LogP contribution in [0.15, 0.2) is 61.2 Å². The first kappa shape index (κ1) is 15.9. The fourth-order valence-corrected chi connectivity index (χ4v) is 2.14. The Kier molecular flexibility index (Phi) is 5.82. The van der Waals surface area contributed by atoms with Crippen LogP contribution < -0.4 is 4.74 Å². The molecule has 2 heteroatoms. The Balaban J connectivity index is 1.90. The summed E-state index contributed by atoms with van der Waals surface area (Å²) in [5.41, 5.74) is 2.79. The molecule has 1 atom stereocenters. The van der Waals surface area contributed by atoms with Crippen molar-refractivity contribution < 1.29 is 9.84 Å². The molecule has 0 amide bonds. The summed E-state index contributed by atoms with van der Waals surface area (Å²) >= 11 is 0. The highest BCUT2D eigenvalue weighted by atomic mass is 16.5. The van der Waals surface area contributed by atoms with Crippen molar-refractivity contribution in [2.45, 2.75) is 19.4 Å². The van der Waals surface area contributed by atoms with E-state index in [1.807, 2.05) is 61.5 Å². The van der Waals surface area contributed by atoms with Crippen molar-refractivity contribution in [2.75, 3.05) is 6.61 Å². The Labute approximate surface area is 132 Å². The molecule has 2 nitrogen and oxygen atoms in total. The van der Waals surface area contributed by atoms with E-state index >= 15 is 0 Å². The molecule has 0 saturated heterocycles. The van der Waals surface area contributed by atoms with Crippen molar-refractivity contribution >= 4 is 5.57 Å². The lowest BCUT2D eigenvalue weighted by atomic mass is 9.96. The minimum absolute atomic E-state index is 0.318. The third kappa shape index (κ3) is 4.51. The van der Waals surface area contributed by atoms with Gasteiger partial charge in [0.15, 0.2) is 0 Å². The minimum Gasteiger partial charge on any atom is -0.481 e. The van der Waals surface area contributed by atoms with Gasteiger partial charge < -0.3 is 9.84 Å². The minimum atomic E-state index is -0.614. The topological polar surface area (TPSA) is 29.5 Å². The molecule has 1 N–H and O–H groups in total. The monoisotopic (exact) mass is 292 g/mol. The van der Waals surface area contributed by atoms with Crippen LogP contribution in [-0.2, 0) is 0 Å². The molecule has 0 spiro atoms. The van der Waals surface area contributed by atoms with Crippen LogP contribution in [-0.4, -0.2) is 11.7 Å². The predicted molar refractivity (Wildman–Crippen MR) is 90.4 cm³/mol. The first-order chi connectivity index (χ1) is 10.7. The van der Waals surface area contributed by atoms with E-state index in [4.69, 9.17) is 4.74 Å². The Bertz CT molecular complexity index is 678.